The van der Waals surface area contributed by atoms with E-state index in [0.29, 0.717) is 5.92 Å². The first-order valence-electron chi connectivity index (χ1n) is 14.0. The van der Waals surface area contributed by atoms with Gasteiger partial charge in [-0.25, -0.2) is 0 Å². The molecule has 4 rings (SSSR count). The lowest BCUT2D eigenvalue weighted by Gasteiger charge is -2.70. The standard InChI is InChI=1S/C32H47NO3/c1-9-21-11-12-25-30(5,22(21)19-24(35)23(34)10-2)16-18-32(7)26-20-29(4,27(36)33-8)14-13-28(26,3)15-17-31(25,32)6/h10-12,19,26,34H,9,13-18,20H2,1-8H3,(H,33,36)/b22-19+,23-10+/t26-,28-,29-,30+,31-,32+/m1/s1. The van der Waals surface area contributed by atoms with Gasteiger partial charge in [-0.05, 0) is 104 Å². The Balaban J connectivity index is 1.82. The van der Waals surface area contributed by atoms with Crippen LogP contribution in [0, 0.1) is 33.0 Å². The van der Waals surface area contributed by atoms with Gasteiger partial charge in [0.1, 0.15) is 0 Å². The number of rotatable bonds is 4. The molecule has 0 aliphatic heterocycles. The average Bonchev–Trinajstić information content (AvgIpc) is 2.86. The molecular weight excluding hydrogens is 446 g/mol. The van der Waals surface area contributed by atoms with E-state index in [1.807, 2.05) is 0 Å². The van der Waals surface area contributed by atoms with E-state index >= 15 is 0 Å². The molecule has 0 radical (unpaired) electrons. The smallest absolute Gasteiger partial charge is 0.225 e. The number of hydrogen-bond donors (Lipinski definition) is 2. The molecule has 0 spiro atoms. The summed E-state index contributed by atoms with van der Waals surface area (Å²) < 4.78 is 0. The lowest BCUT2D eigenvalue weighted by molar-refractivity contribution is -0.169. The van der Waals surface area contributed by atoms with Crippen LogP contribution in [0.4, 0.5) is 0 Å². The molecule has 0 saturated heterocycles. The second-order valence-electron chi connectivity index (χ2n) is 13.4. The van der Waals surface area contributed by atoms with Crippen molar-refractivity contribution in [3.63, 3.8) is 0 Å². The summed E-state index contributed by atoms with van der Waals surface area (Å²) in [4.78, 5) is 25.9. The molecule has 2 N–H and O–H groups in total. The van der Waals surface area contributed by atoms with Gasteiger partial charge in [0.15, 0.2) is 5.76 Å². The van der Waals surface area contributed by atoms with E-state index in [0.717, 1.165) is 50.5 Å². The summed E-state index contributed by atoms with van der Waals surface area (Å²) in [6.45, 7) is 15.8. The van der Waals surface area contributed by atoms with Crippen molar-refractivity contribution in [2.45, 2.75) is 99.8 Å². The minimum atomic E-state index is -0.321. The minimum Gasteiger partial charge on any atom is -0.504 e. The van der Waals surface area contributed by atoms with E-state index in [4.69, 9.17) is 0 Å². The number of fused-ring (bicyclic) bond motifs is 5. The molecular formula is C32H47NO3. The van der Waals surface area contributed by atoms with Crippen LogP contribution in [0.25, 0.3) is 0 Å². The Labute approximate surface area is 218 Å². The van der Waals surface area contributed by atoms with Gasteiger partial charge in [-0.1, -0.05) is 59.3 Å². The van der Waals surface area contributed by atoms with Crippen LogP contribution in [0.5, 0.6) is 0 Å². The molecule has 0 aromatic carbocycles. The molecule has 3 saturated carbocycles. The molecule has 4 aliphatic carbocycles. The Morgan fingerprint density at radius 1 is 1.03 bits per heavy atom. The maximum Gasteiger partial charge on any atom is 0.225 e. The van der Waals surface area contributed by atoms with Gasteiger partial charge in [0, 0.05) is 17.9 Å². The number of carbonyl (C=O) groups is 2. The van der Waals surface area contributed by atoms with Crippen molar-refractivity contribution in [1.29, 1.82) is 0 Å². The monoisotopic (exact) mass is 493 g/mol. The third-order valence-corrected chi connectivity index (χ3v) is 11.7. The molecule has 6 atom stereocenters. The Kier molecular flexibility index (Phi) is 6.54. The molecule has 1 amide bonds. The topological polar surface area (TPSA) is 66.4 Å². The molecule has 0 unspecified atom stereocenters. The number of nitrogens with one attached hydrogen (secondary N) is 1. The largest absolute Gasteiger partial charge is 0.504 e. The van der Waals surface area contributed by atoms with Gasteiger partial charge < -0.3 is 10.4 Å². The number of carbonyl (C=O) groups excluding carboxylic acids is 2. The summed E-state index contributed by atoms with van der Waals surface area (Å²) in [5.41, 5.74) is 3.46. The molecule has 0 aromatic heterocycles. The third kappa shape index (κ3) is 3.61. The zero-order chi connectivity index (χ0) is 26.7. The zero-order valence-electron chi connectivity index (χ0n) is 23.8. The fraction of sp³-hybridized carbons (Fsp3) is 0.688. The van der Waals surface area contributed by atoms with Crippen LogP contribution in [0.2, 0.25) is 0 Å². The van der Waals surface area contributed by atoms with Crippen molar-refractivity contribution in [2.75, 3.05) is 7.05 Å². The van der Waals surface area contributed by atoms with Gasteiger partial charge in [0.2, 0.25) is 11.7 Å². The van der Waals surface area contributed by atoms with Gasteiger partial charge >= 0.3 is 0 Å². The van der Waals surface area contributed by atoms with Crippen LogP contribution in [0.1, 0.15) is 99.8 Å². The van der Waals surface area contributed by atoms with E-state index < -0.39 is 0 Å². The lowest BCUT2D eigenvalue weighted by atomic mass is 9.34. The van der Waals surface area contributed by atoms with Gasteiger partial charge in [-0.3, -0.25) is 9.59 Å². The van der Waals surface area contributed by atoms with Crippen LogP contribution in [0.15, 0.2) is 46.8 Å². The highest BCUT2D eigenvalue weighted by molar-refractivity contribution is 6.03. The van der Waals surface area contributed by atoms with Crippen molar-refractivity contribution >= 4 is 11.7 Å². The first-order chi connectivity index (χ1) is 16.7. The summed E-state index contributed by atoms with van der Waals surface area (Å²) in [5, 5.41) is 13.1. The van der Waals surface area contributed by atoms with Crippen LogP contribution in [0.3, 0.4) is 0 Å². The van der Waals surface area contributed by atoms with Crippen LogP contribution in [-0.2, 0) is 9.59 Å². The molecule has 4 nitrogen and oxygen atoms in total. The number of ketones is 1. The van der Waals surface area contributed by atoms with Crippen molar-refractivity contribution in [3.05, 3.63) is 46.8 Å². The quantitative estimate of drug-likeness (QED) is 0.317. The molecule has 4 heteroatoms. The summed E-state index contributed by atoms with van der Waals surface area (Å²) in [6.07, 6.45) is 16.0. The Morgan fingerprint density at radius 3 is 2.31 bits per heavy atom. The second-order valence-corrected chi connectivity index (χ2v) is 13.4. The third-order valence-electron chi connectivity index (χ3n) is 11.7. The molecule has 4 aliphatic rings. The van der Waals surface area contributed by atoms with Crippen molar-refractivity contribution < 1.29 is 14.7 Å². The highest BCUT2D eigenvalue weighted by Gasteiger charge is 2.67. The van der Waals surface area contributed by atoms with E-state index in [-0.39, 0.29) is 44.5 Å². The normalized spacial score (nSPS) is 43.5. The Hall–Kier alpha value is -2.10. The van der Waals surface area contributed by atoms with E-state index in [2.05, 4.69) is 59.0 Å². The number of aliphatic hydroxyl groups is 1. The van der Waals surface area contributed by atoms with E-state index in [1.165, 1.54) is 23.6 Å². The number of hydrogen-bond acceptors (Lipinski definition) is 3. The van der Waals surface area contributed by atoms with E-state index in [9.17, 15) is 14.7 Å². The fourth-order valence-corrected chi connectivity index (χ4v) is 8.87. The SMILES string of the molecule is C/C=C(/O)C(=O)/C=C1\C(CC)=CC=C2[C@@]1(C)CC[C@@]1(C)[C@@H]3C[C@](C)(C(=O)NC)CC[C@]3(C)CC[C@]21C. The molecule has 3 fully saturated rings. The maximum absolute atomic E-state index is 13.0. The zero-order valence-corrected chi connectivity index (χ0v) is 23.8. The second kappa shape index (κ2) is 8.74. The van der Waals surface area contributed by atoms with Crippen LogP contribution < -0.4 is 5.32 Å². The molecule has 36 heavy (non-hydrogen) atoms. The van der Waals surface area contributed by atoms with Crippen molar-refractivity contribution in [2.24, 2.45) is 33.0 Å². The number of aliphatic hydroxyl groups excluding tert-OH is 1. The van der Waals surface area contributed by atoms with Gasteiger partial charge in [-0.2, -0.15) is 0 Å². The number of amides is 1. The fourth-order valence-electron chi connectivity index (χ4n) is 8.87. The Morgan fingerprint density at radius 2 is 1.69 bits per heavy atom. The van der Waals surface area contributed by atoms with Gasteiger partial charge in [0.25, 0.3) is 0 Å². The molecule has 0 bridgehead atoms. The summed E-state index contributed by atoms with van der Waals surface area (Å²) >= 11 is 0. The Bertz CT molecular complexity index is 1090. The first-order valence-corrected chi connectivity index (χ1v) is 14.0. The maximum atomic E-state index is 13.0. The molecule has 0 aromatic rings. The molecule has 198 valence electrons. The minimum absolute atomic E-state index is 0.0222. The summed E-state index contributed by atoms with van der Waals surface area (Å²) in [5.74, 6) is 0.148. The predicted octanol–water partition coefficient (Wildman–Crippen LogP) is 7.39. The summed E-state index contributed by atoms with van der Waals surface area (Å²) in [6, 6.07) is 0. The van der Waals surface area contributed by atoms with Crippen molar-refractivity contribution in [1.82, 2.24) is 5.32 Å². The van der Waals surface area contributed by atoms with Gasteiger partial charge in [0.05, 0.1) is 0 Å². The van der Waals surface area contributed by atoms with Crippen LogP contribution >= 0.6 is 0 Å². The summed E-state index contributed by atoms with van der Waals surface area (Å²) in [7, 11) is 1.77. The van der Waals surface area contributed by atoms with Gasteiger partial charge in [-0.15, -0.1) is 0 Å². The predicted molar refractivity (Wildman–Crippen MR) is 146 cm³/mol. The first kappa shape index (κ1) is 26.9. The van der Waals surface area contributed by atoms with E-state index in [1.54, 1.807) is 20.0 Å². The molecule has 0 heterocycles. The van der Waals surface area contributed by atoms with Crippen molar-refractivity contribution in [3.8, 4) is 0 Å². The van der Waals surface area contributed by atoms with Crippen LogP contribution in [-0.4, -0.2) is 23.8 Å². The average molecular weight is 494 g/mol. The number of allylic oxidation sites excluding steroid dienone is 7. The highest BCUT2D eigenvalue weighted by atomic mass is 16.3. The highest BCUT2D eigenvalue weighted by Crippen LogP contribution is 2.75. The lowest BCUT2D eigenvalue weighted by Crippen LogP contribution is -2.62.